The van der Waals surface area contributed by atoms with Crippen molar-refractivity contribution in [1.29, 1.82) is 0 Å². The van der Waals surface area contributed by atoms with E-state index in [4.69, 9.17) is 10.6 Å². The number of rotatable bonds is 4. The van der Waals surface area contributed by atoms with Gasteiger partial charge in [-0.3, -0.25) is 10.6 Å². The van der Waals surface area contributed by atoms with Crippen molar-refractivity contribution in [3.8, 4) is 0 Å². The van der Waals surface area contributed by atoms with Crippen molar-refractivity contribution in [1.82, 2.24) is 5.32 Å². The van der Waals surface area contributed by atoms with E-state index in [0.29, 0.717) is 12.8 Å². The Hall–Kier alpha value is -1.80. The summed E-state index contributed by atoms with van der Waals surface area (Å²) in [7, 11) is 1.58. The molecule has 2 rings (SSSR count). The third-order valence-electron chi connectivity index (χ3n) is 3.51. The largest absolute Gasteiger partial charge is 0.418 e. The molecule has 1 saturated carbocycles. The van der Waals surface area contributed by atoms with Crippen LogP contribution < -0.4 is 16.6 Å². The molecule has 0 saturated heterocycles. The van der Waals surface area contributed by atoms with Crippen LogP contribution in [0.5, 0.6) is 0 Å². The molecule has 1 aliphatic rings. The maximum absolute atomic E-state index is 12.9. The van der Waals surface area contributed by atoms with E-state index >= 15 is 0 Å². The molecule has 8 heteroatoms. The van der Waals surface area contributed by atoms with E-state index in [1.165, 1.54) is 6.07 Å². The van der Waals surface area contributed by atoms with E-state index in [-0.39, 0.29) is 23.4 Å². The molecule has 1 aliphatic carbocycles. The Morgan fingerprint density at radius 2 is 2.05 bits per heavy atom. The van der Waals surface area contributed by atoms with E-state index in [0.717, 1.165) is 12.1 Å². The van der Waals surface area contributed by atoms with Gasteiger partial charge >= 0.3 is 6.18 Å². The van der Waals surface area contributed by atoms with Crippen LogP contribution in [-0.2, 0) is 10.9 Å². The summed E-state index contributed by atoms with van der Waals surface area (Å²) in [5.74, 6) is 4.51. The molecule has 0 heterocycles. The van der Waals surface area contributed by atoms with Gasteiger partial charge in [0.2, 0.25) is 0 Å². The van der Waals surface area contributed by atoms with E-state index in [1.54, 1.807) is 7.11 Å². The first-order chi connectivity index (χ1) is 9.85. The van der Waals surface area contributed by atoms with Crippen LogP contribution in [0.1, 0.15) is 28.8 Å². The van der Waals surface area contributed by atoms with Crippen molar-refractivity contribution in [2.45, 2.75) is 31.2 Å². The van der Waals surface area contributed by atoms with E-state index in [1.807, 2.05) is 5.43 Å². The quantitative estimate of drug-likeness (QED) is 0.586. The molecular weight excluding hydrogens is 287 g/mol. The fourth-order valence-electron chi connectivity index (χ4n) is 2.19. The molecule has 0 unspecified atom stereocenters. The number of methoxy groups -OCH3 is 1. The number of hydrogen-bond donors (Lipinski definition) is 3. The Bertz CT molecular complexity index is 528. The van der Waals surface area contributed by atoms with Crippen LogP contribution in [0.2, 0.25) is 0 Å². The molecule has 4 N–H and O–H groups in total. The number of hydrogen-bond acceptors (Lipinski definition) is 4. The highest BCUT2D eigenvalue weighted by Crippen LogP contribution is 2.35. The lowest BCUT2D eigenvalue weighted by Crippen LogP contribution is -2.47. The minimum Gasteiger partial charge on any atom is -0.381 e. The zero-order valence-electron chi connectivity index (χ0n) is 11.3. The van der Waals surface area contributed by atoms with Crippen molar-refractivity contribution in [3.63, 3.8) is 0 Å². The first-order valence-corrected chi connectivity index (χ1v) is 6.36. The second-order valence-electron chi connectivity index (χ2n) is 4.90. The van der Waals surface area contributed by atoms with Gasteiger partial charge < -0.3 is 15.5 Å². The number of alkyl halides is 3. The number of amides is 1. The Morgan fingerprint density at radius 1 is 1.38 bits per heavy atom. The number of ether oxygens (including phenoxy) is 1. The molecule has 1 aromatic rings. The number of nitrogen functional groups attached to an aromatic ring is 1. The topological polar surface area (TPSA) is 76.4 Å². The average molecular weight is 303 g/mol. The smallest absolute Gasteiger partial charge is 0.381 e. The molecular formula is C13H16F3N3O2. The number of hydrazine groups is 1. The van der Waals surface area contributed by atoms with E-state index in [2.05, 4.69) is 5.32 Å². The first kappa shape index (κ1) is 15.6. The van der Waals surface area contributed by atoms with Crippen LogP contribution >= 0.6 is 0 Å². The predicted molar refractivity (Wildman–Crippen MR) is 70.5 cm³/mol. The van der Waals surface area contributed by atoms with Gasteiger partial charge in [0.25, 0.3) is 5.91 Å². The molecule has 0 atom stereocenters. The lowest BCUT2D eigenvalue weighted by atomic mass is 9.89. The Balaban J connectivity index is 2.11. The minimum atomic E-state index is -4.59. The summed E-state index contributed by atoms with van der Waals surface area (Å²) in [6.45, 7) is 0. The second kappa shape index (κ2) is 5.90. The molecule has 1 fully saturated rings. The summed E-state index contributed by atoms with van der Waals surface area (Å²) in [6.07, 6.45) is -3.16. The number of nitrogens with two attached hydrogens (primary N) is 1. The van der Waals surface area contributed by atoms with Crippen LogP contribution in [0.4, 0.5) is 18.9 Å². The normalized spacial score (nSPS) is 21.6. The van der Waals surface area contributed by atoms with Gasteiger partial charge in [-0.1, -0.05) is 0 Å². The summed E-state index contributed by atoms with van der Waals surface area (Å²) in [6, 6.07) is 3.16. The maximum atomic E-state index is 12.9. The van der Waals surface area contributed by atoms with Gasteiger partial charge in [-0.25, -0.2) is 0 Å². The number of benzene rings is 1. The van der Waals surface area contributed by atoms with Gasteiger partial charge in [0.15, 0.2) is 0 Å². The van der Waals surface area contributed by atoms with Crippen molar-refractivity contribution in [2.24, 2.45) is 5.84 Å². The van der Waals surface area contributed by atoms with Crippen LogP contribution in [-0.4, -0.2) is 25.2 Å². The lowest BCUT2D eigenvalue weighted by Gasteiger charge is -2.34. The van der Waals surface area contributed by atoms with Gasteiger partial charge in [-0.15, -0.1) is 0 Å². The fourth-order valence-corrected chi connectivity index (χ4v) is 2.19. The van der Waals surface area contributed by atoms with Crippen LogP contribution in [0, 0.1) is 0 Å². The van der Waals surface area contributed by atoms with E-state index < -0.39 is 17.6 Å². The summed E-state index contributed by atoms with van der Waals surface area (Å²) < 4.78 is 43.7. The summed E-state index contributed by atoms with van der Waals surface area (Å²) in [5, 5.41) is 2.68. The van der Waals surface area contributed by atoms with Crippen molar-refractivity contribution < 1.29 is 22.7 Å². The summed E-state index contributed by atoms with van der Waals surface area (Å²) in [5.41, 5.74) is 0.676. The van der Waals surface area contributed by atoms with Gasteiger partial charge in [-0.05, 0) is 31.0 Å². The highest BCUT2D eigenvalue weighted by Gasteiger charge is 2.35. The van der Waals surface area contributed by atoms with Gasteiger partial charge in [0.1, 0.15) is 0 Å². The average Bonchev–Trinajstić information content (AvgIpc) is 2.40. The summed E-state index contributed by atoms with van der Waals surface area (Å²) >= 11 is 0. The molecule has 0 aromatic heterocycles. The standard InChI is InChI=1S/C13H16F3N3O2/c1-21-9-5-8(6-9)18-12(20)7-2-3-11(19-17)10(4-7)13(14,15)16/h2-4,8-9,19H,5-6,17H2,1H3,(H,18,20). The Morgan fingerprint density at radius 3 is 2.57 bits per heavy atom. The zero-order valence-corrected chi connectivity index (χ0v) is 11.3. The number of nitrogens with one attached hydrogen (secondary N) is 2. The fraction of sp³-hybridized carbons (Fsp3) is 0.462. The van der Waals surface area contributed by atoms with Crippen molar-refractivity contribution in [2.75, 3.05) is 12.5 Å². The molecule has 0 aliphatic heterocycles. The highest BCUT2D eigenvalue weighted by atomic mass is 19.4. The number of anilines is 1. The molecule has 0 spiro atoms. The molecule has 0 radical (unpaired) electrons. The second-order valence-corrected chi connectivity index (χ2v) is 4.90. The van der Waals surface area contributed by atoms with E-state index in [9.17, 15) is 18.0 Å². The highest BCUT2D eigenvalue weighted by molar-refractivity contribution is 5.95. The third-order valence-corrected chi connectivity index (χ3v) is 3.51. The van der Waals surface area contributed by atoms with Gasteiger partial charge in [-0.2, -0.15) is 13.2 Å². The molecule has 5 nitrogen and oxygen atoms in total. The molecule has 1 aromatic carbocycles. The summed E-state index contributed by atoms with van der Waals surface area (Å²) in [4.78, 5) is 12.0. The molecule has 116 valence electrons. The van der Waals surface area contributed by atoms with Crippen LogP contribution in [0.15, 0.2) is 18.2 Å². The number of carbonyl (C=O) groups excluding carboxylic acids is 1. The van der Waals surface area contributed by atoms with Crippen molar-refractivity contribution >= 4 is 11.6 Å². The SMILES string of the molecule is COC1CC(NC(=O)c2ccc(NN)c(C(F)(F)F)c2)C1. The van der Waals surface area contributed by atoms with Gasteiger partial charge in [0, 0.05) is 18.7 Å². The maximum Gasteiger partial charge on any atom is 0.418 e. The van der Waals surface area contributed by atoms with Crippen LogP contribution in [0.3, 0.4) is 0 Å². The molecule has 21 heavy (non-hydrogen) atoms. The van der Waals surface area contributed by atoms with Crippen molar-refractivity contribution in [3.05, 3.63) is 29.3 Å². The predicted octanol–water partition coefficient (Wildman–Crippen LogP) is 1.90. The Labute approximate surface area is 119 Å². The zero-order chi connectivity index (χ0) is 15.6. The first-order valence-electron chi connectivity index (χ1n) is 6.36. The molecule has 0 bridgehead atoms. The lowest BCUT2D eigenvalue weighted by molar-refractivity contribution is -0.137. The monoisotopic (exact) mass is 303 g/mol. The third kappa shape index (κ3) is 3.45. The van der Waals surface area contributed by atoms with Crippen LogP contribution in [0.25, 0.3) is 0 Å². The van der Waals surface area contributed by atoms with Gasteiger partial charge in [0.05, 0.1) is 17.4 Å². The molecule has 1 amide bonds. The number of carbonyl (C=O) groups is 1. The minimum absolute atomic E-state index is 0.0535. The number of halogens is 3. The Kier molecular flexibility index (Phi) is 4.38.